The molecule has 1 aliphatic heterocycles. The van der Waals surface area contributed by atoms with Crippen LogP contribution >= 0.6 is 0 Å². The third-order valence-electron chi connectivity index (χ3n) is 5.36. The normalized spacial score (nSPS) is 17.1. The molecule has 1 aromatic heterocycles. The van der Waals surface area contributed by atoms with E-state index in [4.69, 9.17) is 5.73 Å². The maximum absolute atomic E-state index is 12.7. The van der Waals surface area contributed by atoms with Gasteiger partial charge in [0.05, 0.1) is 11.8 Å². The van der Waals surface area contributed by atoms with E-state index < -0.39 is 15.9 Å². The molecule has 0 atom stereocenters. The van der Waals surface area contributed by atoms with E-state index in [1.165, 1.54) is 16.8 Å². The number of hydrogen-bond donors (Lipinski definition) is 3. The van der Waals surface area contributed by atoms with E-state index in [1.54, 1.807) is 29.2 Å². The van der Waals surface area contributed by atoms with Crippen molar-refractivity contribution in [2.75, 3.05) is 43.1 Å². The number of carbonyl (C=O) groups is 2. The molecule has 1 saturated carbocycles. The number of carbonyl (C=O) groups excluding carboxylic acids is 2. The maximum Gasteiger partial charge on any atom is 0.254 e. The van der Waals surface area contributed by atoms with Gasteiger partial charge in [-0.2, -0.15) is 9.29 Å². The van der Waals surface area contributed by atoms with Crippen molar-refractivity contribution in [3.8, 4) is 0 Å². The van der Waals surface area contributed by atoms with Gasteiger partial charge >= 0.3 is 0 Å². The first kappa shape index (κ1) is 22.0. The minimum atomic E-state index is -3.24. The molecule has 32 heavy (non-hydrogen) atoms. The van der Waals surface area contributed by atoms with Gasteiger partial charge in [-0.1, -0.05) is 0 Å². The minimum Gasteiger partial charge on any atom is -0.367 e. The van der Waals surface area contributed by atoms with Crippen molar-refractivity contribution >= 4 is 39.3 Å². The fraction of sp³-hybridized carbons (Fsp3) is 0.400. The Balaban J connectivity index is 1.41. The maximum atomic E-state index is 12.7. The Bertz CT molecular complexity index is 1130. The number of nitrogens with one attached hydrogen (secondary N) is 2. The third kappa shape index (κ3) is 5.14. The molecule has 1 aliphatic carbocycles. The summed E-state index contributed by atoms with van der Waals surface area (Å²) in [5.41, 5.74) is 6.81. The third-order valence-corrected chi connectivity index (χ3v) is 6.66. The molecule has 0 unspecified atom stereocenters. The number of hydrogen-bond acceptors (Lipinski definition) is 8. The molecule has 1 saturated heterocycles. The van der Waals surface area contributed by atoms with E-state index in [0.717, 1.165) is 12.8 Å². The quantitative estimate of drug-likeness (QED) is 0.545. The van der Waals surface area contributed by atoms with Gasteiger partial charge in [-0.05, 0) is 37.1 Å². The molecule has 2 heterocycles. The van der Waals surface area contributed by atoms with Crippen LogP contribution in [0, 0.1) is 0 Å². The lowest BCUT2D eigenvalue weighted by Crippen LogP contribution is -2.50. The van der Waals surface area contributed by atoms with Crippen LogP contribution in [0.1, 0.15) is 33.6 Å². The molecule has 2 aromatic rings. The zero-order valence-electron chi connectivity index (χ0n) is 17.6. The van der Waals surface area contributed by atoms with Crippen LogP contribution in [0.2, 0.25) is 0 Å². The van der Waals surface area contributed by atoms with Crippen LogP contribution in [0.4, 0.5) is 17.5 Å². The molecule has 12 heteroatoms. The van der Waals surface area contributed by atoms with Crippen molar-refractivity contribution in [1.82, 2.24) is 19.2 Å². The lowest BCUT2D eigenvalue weighted by molar-refractivity contribution is 0.0698. The summed E-state index contributed by atoms with van der Waals surface area (Å²) in [6, 6.07) is 7.14. The average Bonchev–Trinajstić information content (AvgIpc) is 3.57. The first-order valence-corrected chi connectivity index (χ1v) is 12.1. The smallest absolute Gasteiger partial charge is 0.254 e. The van der Waals surface area contributed by atoms with Crippen LogP contribution in [-0.4, -0.2) is 77.9 Å². The summed E-state index contributed by atoms with van der Waals surface area (Å²) in [7, 11) is -3.24. The van der Waals surface area contributed by atoms with Gasteiger partial charge in [-0.3, -0.25) is 9.59 Å². The van der Waals surface area contributed by atoms with Crippen LogP contribution in [-0.2, 0) is 10.0 Å². The Labute approximate surface area is 186 Å². The van der Waals surface area contributed by atoms with E-state index in [-0.39, 0.29) is 11.5 Å². The van der Waals surface area contributed by atoms with Crippen molar-refractivity contribution in [2.45, 2.75) is 18.9 Å². The number of anilines is 3. The fourth-order valence-electron chi connectivity index (χ4n) is 3.38. The van der Waals surface area contributed by atoms with E-state index in [2.05, 4.69) is 20.6 Å². The van der Waals surface area contributed by atoms with Gasteiger partial charge in [-0.15, -0.1) is 0 Å². The molecule has 0 radical (unpaired) electrons. The SMILES string of the molecule is CS(=O)(=O)N1CCN(C(=O)c2ccc(Nc3ncc(C(N)=O)c(NC4CC4)n3)cc2)CC1. The first-order valence-electron chi connectivity index (χ1n) is 10.3. The van der Waals surface area contributed by atoms with Crippen LogP contribution in [0.25, 0.3) is 0 Å². The zero-order chi connectivity index (χ0) is 22.9. The van der Waals surface area contributed by atoms with Gasteiger partial charge in [0.1, 0.15) is 5.82 Å². The standard InChI is InChI=1S/C20H25N7O4S/c1-32(30,31)27-10-8-26(9-11-27)19(29)13-2-4-15(5-3-13)24-20-22-12-16(17(21)28)18(25-20)23-14-6-7-14/h2-5,12,14H,6-11H2,1H3,(H2,21,28)(H2,22,23,24,25). The average molecular weight is 460 g/mol. The fourth-order valence-corrected chi connectivity index (χ4v) is 4.21. The predicted octanol–water partition coefficient (Wildman–Crippen LogP) is 0.611. The Morgan fingerprint density at radius 1 is 1.09 bits per heavy atom. The van der Waals surface area contributed by atoms with Gasteiger partial charge in [0.15, 0.2) is 0 Å². The summed E-state index contributed by atoms with van der Waals surface area (Å²) in [4.78, 5) is 34.5. The van der Waals surface area contributed by atoms with Gasteiger partial charge in [0, 0.05) is 49.7 Å². The second kappa shape index (κ2) is 8.71. The molecule has 4 rings (SSSR count). The van der Waals surface area contributed by atoms with Crippen molar-refractivity contribution in [3.05, 3.63) is 41.6 Å². The van der Waals surface area contributed by atoms with Crippen LogP contribution in [0.15, 0.2) is 30.5 Å². The molecule has 0 bridgehead atoms. The number of benzene rings is 1. The van der Waals surface area contributed by atoms with Crippen LogP contribution in [0.3, 0.4) is 0 Å². The van der Waals surface area contributed by atoms with Crippen LogP contribution in [0.5, 0.6) is 0 Å². The number of primary amides is 1. The van der Waals surface area contributed by atoms with Gasteiger partial charge in [0.2, 0.25) is 16.0 Å². The topological polar surface area (TPSA) is 151 Å². The molecule has 2 fully saturated rings. The number of nitrogens with zero attached hydrogens (tertiary/aromatic N) is 4. The van der Waals surface area contributed by atoms with Crippen LogP contribution < -0.4 is 16.4 Å². The highest BCUT2D eigenvalue weighted by Crippen LogP contribution is 2.26. The Hall–Kier alpha value is -3.25. The van der Waals surface area contributed by atoms with Gasteiger partial charge < -0.3 is 21.3 Å². The Morgan fingerprint density at radius 3 is 2.31 bits per heavy atom. The summed E-state index contributed by atoms with van der Waals surface area (Å²) < 4.78 is 24.6. The number of amides is 2. The molecule has 11 nitrogen and oxygen atoms in total. The summed E-state index contributed by atoms with van der Waals surface area (Å²) >= 11 is 0. The lowest BCUT2D eigenvalue weighted by Gasteiger charge is -2.33. The van der Waals surface area contributed by atoms with Crippen molar-refractivity contribution < 1.29 is 18.0 Å². The van der Waals surface area contributed by atoms with Crippen molar-refractivity contribution in [3.63, 3.8) is 0 Å². The van der Waals surface area contributed by atoms with Crippen molar-refractivity contribution in [2.24, 2.45) is 5.73 Å². The first-order chi connectivity index (χ1) is 15.2. The molecule has 2 aliphatic rings. The second-order valence-corrected chi connectivity index (χ2v) is 9.88. The summed E-state index contributed by atoms with van der Waals surface area (Å²) in [6.45, 7) is 1.28. The van der Waals surface area contributed by atoms with Gasteiger partial charge in [0.25, 0.3) is 11.8 Å². The molecule has 1 aromatic carbocycles. The molecule has 4 N–H and O–H groups in total. The summed E-state index contributed by atoms with van der Waals surface area (Å²) in [5.74, 6) is -0.0470. The van der Waals surface area contributed by atoms with E-state index in [1.807, 2.05) is 0 Å². The lowest BCUT2D eigenvalue weighted by atomic mass is 10.1. The zero-order valence-corrected chi connectivity index (χ0v) is 18.4. The highest BCUT2D eigenvalue weighted by molar-refractivity contribution is 7.88. The molecule has 0 spiro atoms. The van der Waals surface area contributed by atoms with Crippen molar-refractivity contribution in [1.29, 1.82) is 0 Å². The summed E-state index contributed by atoms with van der Waals surface area (Å²) in [5, 5.41) is 6.24. The van der Waals surface area contributed by atoms with E-state index in [0.29, 0.717) is 55.2 Å². The van der Waals surface area contributed by atoms with E-state index in [9.17, 15) is 18.0 Å². The number of rotatable bonds is 7. The van der Waals surface area contributed by atoms with E-state index >= 15 is 0 Å². The monoisotopic (exact) mass is 459 g/mol. The predicted molar refractivity (Wildman–Crippen MR) is 119 cm³/mol. The molecular formula is C20H25N7O4S. The summed E-state index contributed by atoms with van der Waals surface area (Å²) in [6.07, 6.45) is 4.59. The second-order valence-electron chi connectivity index (χ2n) is 7.90. The van der Waals surface area contributed by atoms with Gasteiger partial charge in [-0.25, -0.2) is 13.4 Å². The highest BCUT2D eigenvalue weighted by Gasteiger charge is 2.27. The molecule has 2 amide bonds. The Kier molecular flexibility index (Phi) is 5.98. The number of sulfonamides is 1. The number of aromatic nitrogens is 2. The number of nitrogens with two attached hydrogens (primary N) is 1. The number of piperazine rings is 1. The largest absolute Gasteiger partial charge is 0.367 e. The minimum absolute atomic E-state index is 0.150. The highest BCUT2D eigenvalue weighted by atomic mass is 32.2. The Morgan fingerprint density at radius 2 is 1.75 bits per heavy atom. The molecule has 170 valence electrons. The molecular weight excluding hydrogens is 434 g/mol.